The largest absolute Gasteiger partial charge is 0.397 e. The van der Waals surface area contributed by atoms with Crippen molar-refractivity contribution in [2.75, 3.05) is 36.9 Å². The second kappa shape index (κ2) is 5.21. The Hall–Kier alpha value is -1.22. The van der Waals surface area contributed by atoms with Gasteiger partial charge in [-0.1, -0.05) is 12.1 Å². The van der Waals surface area contributed by atoms with Gasteiger partial charge in [-0.15, -0.1) is 0 Å². The van der Waals surface area contributed by atoms with E-state index < -0.39 is 0 Å². The first-order valence-electron chi connectivity index (χ1n) is 5.98. The van der Waals surface area contributed by atoms with Gasteiger partial charge in [-0.25, -0.2) is 0 Å². The minimum absolute atomic E-state index is 0.652. The van der Waals surface area contributed by atoms with Crippen molar-refractivity contribution in [2.24, 2.45) is 5.92 Å². The number of nitrogens with zero attached hydrogens (tertiary/aromatic N) is 1. The maximum Gasteiger partial charge on any atom is 0.0600 e. The number of hydrogen-bond donors (Lipinski definition) is 1. The first-order valence-corrected chi connectivity index (χ1v) is 5.98. The molecule has 0 radical (unpaired) electrons. The van der Waals surface area contributed by atoms with Gasteiger partial charge in [0.05, 0.1) is 18.0 Å². The molecule has 0 aromatic heterocycles. The average Bonchev–Trinajstić information content (AvgIpc) is 2.75. The molecule has 1 aliphatic heterocycles. The summed E-state index contributed by atoms with van der Waals surface area (Å²) in [4.78, 5) is 2.36. The standard InChI is InChI=1S/C13H20N2O/c1-2-16-10-11-7-8-15(9-11)13-6-4-3-5-12(13)14/h3-6,11H,2,7-10,14H2,1H3/t11-/m1/s1. The Morgan fingerprint density at radius 1 is 1.44 bits per heavy atom. The molecule has 88 valence electrons. The number of nitrogen functional groups attached to an aromatic ring is 1. The zero-order valence-electron chi connectivity index (χ0n) is 9.86. The van der Waals surface area contributed by atoms with Crippen LogP contribution in [0.3, 0.4) is 0 Å². The normalized spacial score (nSPS) is 20.3. The van der Waals surface area contributed by atoms with Crippen LogP contribution in [0.1, 0.15) is 13.3 Å². The molecule has 1 heterocycles. The van der Waals surface area contributed by atoms with Crippen molar-refractivity contribution in [1.82, 2.24) is 0 Å². The lowest BCUT2D eigenvalue weighted by Crippen LogP contribution is -2.22. The highest BCUT2D eigenvalue weighted by Gasteiger charge is 2.23. The van der Waals surface area contributed by atoms with Crippen molar-refractivity contribution in [3.05, 3.63) is 24.3 Å². The Labute approximate surface area is 97.2 Å². The molecule has 1 aliphatic rings. The fraction of sp³-hybridized carbons (Fsp3) is 0.538. The summed E-state index contributed by atoms with van der Waals surface area (Å²) in [5.74, 6) is 0.652. The van der Waals surface area contributed by atoms with Crippen LogP contribution in [0.4, 0.5) is 11.4 Å². The predicted octanol–water partition coefficient (Wildman–Crippen LogP) is 2.13. The Balaban J connectivity index is 1.96. The number of benzene rings is 1. The zero-order valence-corrected chi connectivity index (χ0v) is 9.86. The van der Waals surface area contributed by atoms with Crippen molar-refractivity contribution in [2.45, 2.75) is 13.3 Å². The van der Waals surface area contributed by atoms with Gasteiger partial charge in [-0.2, -0.15) is 0 Å². The lowest BCUT2D eigenvalue weighted by molar-refractivity contribution is 0.117. The van der Waals surface area contributed by atoms with Crippen LogP contribution < -0.4 is 10.6 Å². The van der Waals surface area contributed by atoms with Crippen LogP contribution in [-0.2, 0) is 4.74 Å². The quantitative estimate of drug-likeness (QED) is 0.790. The van der Waals surface area contributed by atoms with Crippen LogP contribution in [0.5, 0.6) is 0 Å². The number of rotatable bonds is 4. The summed E-state index contributed by atoms with van der Waals surface area (Å²) >= 11 is 0. The number of para-hydroxylation sites is 2. The van der Waals surface area contributed by atoms with E-state index in [0.717, 1.165) is 32.0 Å². The predicted molar refractivity (Wildman–Crippen MR) is 67.7 cm³/mol. The summed E-state index contributed by atoms with van der Waals surface area (Å²) < 4.78 is 5.47. The van der Waals surface area contributed by atoms with Crippen molar-refractivity contribution in [3.63, 3.8) is 0 Å². The van der Waals surface area contributed by atoms with Gasteiger partial charge >= 0.3 is 0 Å². The molecule has 0 unspecified atom stereocenters. The van der Waals surface area contributed by atoms with E-state index >= 15 is 0 Å². The third-order valence-corrected chi connectivity index (χ3v) is 3.12. The first-order chi connectivity index (χ1) is 7.81. The SMILES string of the molecule is CCOC[C@@H]1CCN(c2ccccc2N)C1. The highest BCUT2D eigenvalue weighted by atomic mass is 16.5. The molecular formula is C13H20N2O. The van der Waals surface area contributed by atoms with Gasteiger partial charge in [0.1, 0.15) is 0 Å². The number of nitrogens with two attached hydrogens (primary N) is 1. The molecule has 2 N–H and O–H groups in total. The molecule has 3 nitrogen and oxygen atoms in total. The molecule has 0 saturated carbocycles. The van der Waals surface area contributed by atoms with Crippen molar-refractivity contribution in [3.8, 4) is 0 Å². The Bertz CT molecular complexity index is 340. The van der Waals surface area contributed by atoms with Crippen LogP contribution in [0.25, 0.3) is 0 Å². The summed E-state index contributed by atoms with van der Waals surface area (Å²) in [6.07, 6.45) is 1.20. The topological polar surface area (TPSA) is 38.5 Å². The second-order valence-electron chi connectivity index (χ2n) is 4.32. The van der Waals surface area contributed by atoms with Crippen LogP contribution in [-0.4, -0.2) is 26.3 Å². The van der Waals surface area contributed by atoms with E-state index in [9.17, 15) is 0 Å². The third-order valence-electron chi connectivity index (χ3n) is 3.12. The third kappa shape index (κ3) is 2.47. The number of ether oxygens (including phenoxy) is 1. The molecule has 16 heavy (non-hydrogen) atoms. The molecule has 1 fully saturated rings. The fourth-order valence-electron chi connectivity index (χ4n) is 2.25. The van der Waals surface area contributed by atoms with E-state index in [-0.39, 0.29) is 0 Å². The molecule has 0 amide bonds. The van der Waals surface area contributed by atoms with Gasteiger partial charge < -0.3 is 15.4 Å². The number of hydrogen-bond acceptors (Lipinski definition) is 3. The van der Waals surface area contributed by atoms with E-state index in [1.54, 1.807) is 0 Å². The summed E-state index contributed by atoms with van der Waals surface area (Å²) in [6.45, 7) is 5.88. The monoisotopic (exact) mass is 220 g/mol. The smallest absolute Gasteiger partial charge is 0.0600 e. The van der Waals surface area contributed by atoms with E-state index in [0.29, 0.717) is 5.92 Å². The van der Waals surface area contributed by atoms with Gasteiger partial charge in [0, 0.05) is 25.6 Å². The Kier molecular flexibility index (Phi) is 3.67. The van der Waals surface area contributed by atoms with E-state index in [2.05, 4.69) is 11.0 Å². The Morgan fingerprint density at radius 2 is 2.25 bits per heavy atom. The molecule has 0 spiro atoms. The maximum atomic E-state index is 5.97. The Morgan fingerprint density at radius 3 is 3.00 bits per heavy atom. The molecule has 1 aromatic rings. The van der Waals surface area contributed by atoms with Gasteiger partial charge in [-0.3, -0.25) is 0 Å². The highest BCUT2D eigenvalue weighted by molar-refractivity contribution is 5.67. The lowest BCUT2D eigenvalue weighted by Gasteiger charge is -2.20. The molecule has 1 aromatic carbocycles. The molecule has 0 aliphatic carbocycles. The maximum absolute atomic E-state index is 5.97. The second-order valence-corrected chi connectivity index (χ2v) is 4.32. The molecule has 1 saturated heterocycles. The molecule has 1 atom stereocenters. The molecular weight excluding hydrogens is 200 g/mol. The first kappa shape index (κ1) is 11.3. The van der Waals surface area contributed by atoms with Crippen molar-refractivity contribution >= 4 is 11.4 Å². The highest BCUT2D eigenvalue weighted by Crippen LogP contribution is 2.28. The van der Waals surface area contributed by atoms with E-state index in [1.165, 1.54) is 12.1 Å². The average molecular weight is 220 g/mol. The van der Waals surface area contributed by atoms with E-state index in [1.807, 2.05) is 25.1 Å². The summed E-state index contributed by atoms with van der Waals surface area (Å²) in [7, 11) is 0. The van der Waals surface area contributed by atoms with Crippen molar-refractivity contribution < 1.29 is 4.74 Å². The van der Waals surface area contributed by atoms with Crippen LogP contribution >= 0.6 is 0 Å². The molecule has 3 heteroatoms. The van der Waals surface area contributed by atoms with Crippen molar-refractivity contribution in [1.29, 1.82) is 0 Å². The van der Waals surface area contributed by atoms with Crippen LogP contribution in [0.15, 0.2) is 24.3 Å². The summed E-state index contributed by atoms with van der Waals surface area (Å²) in [6, 6.07) is 8.08. The van der Waals surface area contributed by atoms with Crippen LogP contribution in [0.2, 0.25) is 0 Å². The number of anilines is 2. The minimum Gasteiger partial charge on any atom is -0.397 e. The molecule has 0 bridgehead atoms. The lowest BCUT2D eigenvalue weighted by atomic mass is 10.1. The summed E-state index contributed by atoms with van der Waals surface area (Å²) in [5.41, 5.74) is 8.02. The van der Waals surface area contributed by atoms with Crippen LogP contribution in [0, 0.1) is 5.92 Å². The zero-order chi connectivity index (χ0) is 11.4. The van der Waals surface area contributed by atoms with Gasteiger partial charge in [-0.05, 0) is 25.5 Å². The fourth-order valence-corrected chi connectivity index (χ4v) is 2.25. The van der Waals surface area contributed by atoms with Gasteiger partial charge in [0.25, 0.3) is 0 Å². The summed E-state index contributed by atoms with van der Waals surface area (Å²) in [5, 5.41) is 0. The molecule has 2 rings (SSSR count). The minimum atomic E-state index is 0.652. The van der Waals surface area contributed by atoms with E-state index in [4.69, 9.17) is 10.5 Å². The van der Waals surface area contributed by atoms with Gasteiger partial charge in [0.15, 0.2) is 0 Å². The van der Waals surface area contributed by atoms with Gasteiger partial charge in [0.2, 0.25) is 0 Å².